The molecule has 2 rings (SSSR count). The number of aromatic nitrogens is 1. The molecule has 1 atom stereocenters. The Balaban J connectivity index is 1.90. The predicted octanol–water partition coefficient (Wildman–Crippen LogP) is 5.75. The lowest BCUT2D eigenvalue weighted by molar-refractivity contribution is 0.305. The van der Waals surface area contributed by atoms with E-state index in [9.17, 15) is 0 Å². The van der Waals surface area contributed by atoms with Crippen molar-refractivity contribution in [2.45, 2.75) is 58.8 Å². The van der Waals surface area contributed by atoms with Crippen molar-refractivity contribution in [2.75, 3.05) is 6.61 Å². The minimum atomic E-state index is 0.354. The smallest absolute Gasteiger partial charge is 0.119 e. The molecule has 0 spiro atoms. The van der Waals surface area contributed by atoms with E-state index in [1.54, 1.807) is 0 Å². The van der Waals surface area contributed by atoms with Gasteiger partial charge in [-0.1, -0.05) is 58.2 Å². The van der Waals surface area contributed by atoms with Gasteiger partial charge in [0, 0.05) is 17.8 Å². The summed E-state index contributed by atoms with van der Waals surface area (Å²) in [4.78, 5) is 4.50. The zero-order valence-electron chi connectivity index (χ0n) is 14.7. The molecule has 0 fully saturated rings. The lowest BCUT2D eigenvalue weighted by Crippen LogP contribution is -2.00. The van der Waals surface area contributed by atoms with E-state index >= 15 is 0 Å². The molecule has 1 unspecified atom stereocenters. The third kappa shape index (κ3) is 5.38. The molecule has 124 valence electrons. The number of hydrogen-bond donors (Lipinski definition) is 0. The number of hydrogen-bond acceptors (Lipinski definition) is 2. The Morgan fingerprint density at radius 2 is 1.65 bits per heavy atom. The van der Waals surface area contributed by atoms with E-state index in [1.807, 2.05) is 6.20 Å². The highest BCUT2D eigenvalue weighted by Gasteiger charge is 2.09. The molecule has 1 aromatic heterocycles. The summed E-state index contributed by atoms with van der Waals surface area (Å²) in [5.74, 6) is 1.32. The quantitative estimate of drug-likeness (QED) is 0.550. The zero-order chi connectivity index (χ0) is 16.5. The first-order valence-corrected chi connectivity index (χ1v) is 8.92. The van der Waals surface area contributed by atoms with Gasteiger partial charge in [0.2, 0.25) is 0 Å². The number of unbranched alkanes of at least 4 members (excludes halogenated alkanes) is 3. The van der Waals surface area contributed by atoms with Crippen molar-refractivity contribution in [3.63, 3.8) is 0 Å². The van der Waals surface area contributed by atoms with Gasteiger partial charge in [-0.3, -0.25) is 4.98 Å². The van der Waals surface area contributed by atoms with Gasteiger partial charge >= 0.3 is 0 Å². The highest BCUT2D eigenvalue weighted by molar-refractivity contribution is 5.34. The van der Waals surface area contributed by atoms with Gasteiger partial charge in [-0.05, 0) is 42.2 Å². The lowest BCUT2D eigenvalue weighted by Gasteiger charge is -2.13. The van der Waals surface area contributed by atoms with Gasteiger partial charge in [-0.15, -0.1) is 0 Å². The van der Waals surface area contributed by atoms with Crippen LogP contribution in [-0.4, -0.2) is 11.6 Å². The number of ether oxygens (including phenoxy) is 1. The Bertz CT molecular complexity index is 559. The molecule has 1 heterocycles. The molecule has 0 saturated heterocycles. The predicted molar refractivity (Wildman–Crippen MR) is 97.2 cm³/mol. The van der Waals surface area contributed by atoms with Crippen LogP contribution in [0.4, 0.5) is 0 Å². The average Bonchev–Trinajstić information content (AvgIpc) is 2.61. The van der Waals surface area contributed by atoms with Crippen molar-refractivity contribution in [3.8, 4) is 5.75 Å². The third-order valence-electron chi connectivity index (χ3n) is 4.36. The highest BCUT2D eigenvalue weighted by Crippen LogP contribution is 2.25. The molecule has 0 aliphatic heterocycles. The van der Waals surface area contributed by atoms with E-state index in [2.05, 4.69) is 62.2 Å². The van der Waals surface area contributed by atoms with Crippen LogP contribution in [0.15, 0.2) is 42.6 Å². The summed E-state index contributed by atoms with van der Waals surface area (Å²) >= 11 is 0. The normalized spacial score (nSPS) is 12.1. The fourth-order valence-electron chi connectivity index (χ4n) is 2.67. The van der Waals surface area contributed by atoms with Gasteiger partial charge in [0.1, 0.15) is 5.75 Å². The molecule has 0 N–H and O–H groups in total. The first-order valence-electron chi connectivity index (χ1n) is 8.92. The molecule has 0 aliphatic carbocycles. The van der Waals surface area contributed by atoms with Crippen LogP contribution in [0.3, 0.4) is 0 Å². The number of benzene rings is 1. The fraction of sp³-hybridized carbons (Fsp3) is 0.476. The van der Waals surface area contributed by atoms with Crippen LogP contribution in [0.25, 0.3) is 0 Å². The minimum absolute atomic E-state index is 0.354. The maximum absolute atomic E-state index is 5.81. The molecule has 1 aromatic carbocycles. The zero-order valence-corrected chi connectivity index (χ0v) is 14.7. The Kier molecular flexibility index (Phi) is 7.12. The van der Waals surface area contributed by atoms with Crippen LogP contribution in [0, 0.1) is 0 Å². The second-order valence-corrected chi connectivity index (χ2v) is 6.14. The second kappa shape index (κ2) is 9.34. The summed E-state index contributed by atoms with van der Waals surface area (Å²) in [5.41, 5.74) is 3.71. The Morgan fingerprint density at radius 1 is 0.913 bits per heavy atom. The third-order valence-corrected chi connectivity index (χ3v) is 4.36. The van der Waals surface area contributed by atoms with E-state index in [1.165, 1.54) is 30.4 Å². The van der Waals surface area contributed by atoms with E-state index < -0.39 is 0 Å². The first kappa shape index (κ1) is 17.5. The molecular formula is C21H29NO. The monoisotopic (exact) mass is 311 g/mol. The van der Waals surface area contributed by atoms with Gasteiger partial charge in [-0.25, -0.2) is 0 Å². The molecule has 2 nitrogen and oxygen atoms in total. The molecule has 0 saturated carbocycles. The van der Waals surface area contributed by atoms with Crippen LogP contribution in [0.5, 0.6) is 5.75 Å². The van der Waals surface area contributed by atoms with E-state index in [4.69, 9.17) is 4.74 Å². The molecule has 0 amide bonds. The minimum Gasteiger partial charge on any atom is -0.494 e. The van der Waals surface area contributed by atoms with Crippen LogP contribution >= 0.6 is 0 Å². The first-order chi connectivity index (χ1) is 11.2. The SMILES string of the molecule is CCCCCCOc1ccc(C(C)c2ccc(CC)nc2)cc1. The summed E-state index contributed by atoms with van der Waals surface area (Å²) in [6.45, 7) is 7.40. The van der Waals surface area contributed by atoms with Crippen molar-refractivity contribution in [3.05, 3.63) is 59.4 Å². The molecule has 23 heavy (non-hydrogen) atoms. The van der Waals surface area contributed by atoms with Crippen molar-refractivity contribution in [2.24, 2.45) is 0 Å². The van der Waals surface area contributed by atoms with E-state index in [0.29, 0.717) is 5.92 Å². The van der Waals surface area contributed by atoms with Gasteiger partial charge in [-0.2, -0.15) is 0 Å². The number of pyridine rings is 1. The second-order valence-electron chi connectivity index (χ2n) is 6.14. The van der Waals surface area contributed by atoms with Crippen molar-refractivity contribution in [1.29, 1.82) is 0 Å². The standard InChI is InChI=1S/C21H29NO/c1-4-6-7-8-15-23-21-13-10-18(11-14-21)17(3)19-9-12-20(5-2)22-16-19/h9-14,16-17H,4-8,15H2,1-3H3. The highest BCUT2D eigenvalue weighted by atomic mass is 16.5. The van der Waals surface area contributed by atoms with E-state index in [-0.39, 0.29) is 0 Å². The summed E-state index contributed by atoms with van der Waals surface area (Å²) in [6, 6.07) is 12.8. The number of rotatable bonds is 9. The van der Waals surface area contributed by atoms with Gasteiger partial charge < -0.3 is 4.74 Å². The molecule has 0 aliphatic rings. The van der Waals surface area contributed by atoms with Crippen LogP contribution in [0.1, 0.15) is 69.2 Å². The lowest BCUT2D eigenvalue weighted by atomic mass is 9.94. The van der Waals surface area contributed by atoms with Crippen molar-refractivity contribution < 1.29 is 4.74 Å². The summed E-state index contributed by atoms with van der Waals surface area (Å²) < 4.78 is 5.81. The maximum Gasteiger partial charge on any atom is 0.119 e. The van der Waals surface area contributed by atoms with Gasteiger partial charge in [0.05, 0.1) is 6.61 Å². The number of nitrogens with zero attached hydrogens (tertiary/aromatic N) is 1. The Morgan fingerprint density at radius 3 is 2.26 bits per heavy atom. The molecular weight excluding hydrogens is 282 g/mol. The van der Waals surface area contributed by atoms with Gasteiger partial charge in [0.15, 0.2) is 0 Å². The average molecular weight is 311 g/mol. The summed E-state index contributed by atoms with van der Waals surface area (Å²) in [7, 11) is 0. The topological polar surface area (TPSA) is 22.1 Å². The summed E-state index contributed by atoms with van der Waals surface area (Å²) in [5, 5.41) is 0. The van der Waals surface area contributed by atoms with Crippen molar-refractivity contribution >= 4 is 0 Å². The summed E-state index contributed by atoms with van der Waals surface area (Å²) in [6.07, 6.45) is 7.94. The van der Waals surface area contributed by atoms with Crippen LogP contribution < -0.4 is 4.74 Å². The van der Waals surface area contributed by atoms with E-state index in [0.717, 1.165) is 30.9 Å². The Labute approximate surface area is 140 Å². The Hall–Kier alpha value is -1.83. The maximum atomic E-state index is 5.81. The molecule has 2 heteroatoms. The van der Waals surface area contributed by atoms with Crippen molar-refractivity contribution in [1.82, 2.24) is 4.98 Å². The van der Waals surface area contributed by atoms with Gasteiger partial charge in [0.25, 0.3) is 0 Å². The number of aryl methyl sites for hydroxylation is 1. The largest absolute Gasteiger partial charge is 0.494 e. The van der Waals surface area contributed by atoms with Crippen LogP contribution in [-0.2, 0) is 6.42 Å². The van der Waals surface area contributed by atoms with Crippen LogP contribution in [0.2, 0.25) is 0 Å². The molecule has 2 aromatic rings. The molecule has 0 radical (unpaired) electrons. The molecule has 0 bridgehead atoms. The fourth-order valence-corrected chi connectivity index (χ4v) is 2.67.